The third-order valence-electron chi connectivity index (χ3n) is 5.20. The summed E-state index contributed by atoms with van der Waals surface area (Å²) in [6, 6.07) is 8.86. The maximum atomic E-state index is 5.50. The molecule has 3 rings (SSSR count). The van der Waals surface area contributed by atoms with E-state index in [1.807, 2.05) is 0 Å². The molecule has 0 bridgehead atoms. The first-order valence-corrected chi connectivity index (χ1v) is 10.2. The molecule has 2 saturated heterocycles. The topological polar surface area (TPSA) is 49.3 Å². The van der Waals surface area contributed by atoms with Crippen LogP contribution < -0.4 is 5.32 Å². The minimum atomic E-state index is 0.610. The van der Waals surface area contributed by atoms with Crippen molar-refractivity contribution >= 4 is 5.96 Å². The molecule has 0 saturated carbocycles. The number of aliphatic imine (C=N–C) groups is 1. The van der Waals surface area contributed by atoms with E-state index >= 15 is 0 Å². The molecule has 1 unspecified atom stereocenters. The van der Waals surface area contributed by atoms with E-state index in [4.69, 9.17) is 14.5 Å². The Kier molecular flexibility index (Phi) is 7.93. The molecule has 6 heteroatoms. The fourth-order valence-electron chi connectivity index (χ4n) is 3.60. The van der Waals surface area contributed by atoms with Crippen LogP contribution >= 0.6 is 0 Å². The van der Waals surface area contributed by atoms with Crippen LogP contribution in [0.1, 0.15) is 24.5 Å². The second-order valence-corrected chi connectivity index (χ2v) is 7.49. The first-order valence-electron chi connectivity index (χ1n) is 10.2. The molecule has 1 N–H and O–H groups in total. The number of nitrogens with one attached hydrogen (secondary N) is 1. The minimum Gasteiger partial charge on any atom is -0.381 e. The van der Waals surface area contributed by atoms with Crippen LogP contribution in [-0.4, -0.2) is 75.4 Å². The smallest absolute Gasteiger partial charge is 0.193 e. The molecule has 27 heavy (non-hydrogen) atoms. The number of benzene rings is 1. The summed E-state index contributed by atoms with van der Waals surface area (Å²) in [6.45, 7) is 11.2. The zero-order valence-corrected chi connectivity index (χ0v) is 16.8. The zero-order chi connectivity index (χ0) is 18.9. The lowest BCUT2D eigenvalue weighted by Gasteiger charge is -2.26. The predicted octanol–water partition coefficient (Wildman–Crippen LogP) is 1.95. The Labute approximate surface area is 163 Å². The molecular weight excluding hydrogens is 340 g/mol. The highest BCUT2D eigenvalue weighted by Crippen LogP contribution is 2.14. The van der Waals surface area contributed by atoms with E-state index in [9.17, 15) is 0 Å². The van der Waals surface area contributed by atoms with Gasteiger partial charge in [0.25, 0.3) is 0 Å². The average Bonchev–Trinajstić information content (AvgIpc) is 3.20. The summed E-state index contributed by atoms with van der Waals surface area (Å²) in [6.07, 6.45) is 1.15. The number of guanidine groups is 1. The number of rotatable bonds is 7. The lowest BCUT2D eigenvalue weighted by molar-refractivity contribution is 0.0342. The monoisotopic (exact) mass is 374 g/mol. The zero-order valence-electron chi connectivity index (χ0n) is 16.8. The van der Waals surface area contributed by atoms with Gasteiger partial charge in [-0.05, 0) is 24.5 Å². The minimum absolute atomic E-state index is 0.610. The molecule has 0 aliphatic carbocycles. The summed E-state index contributed by atoms with van der Waals surface area (Å²) in [5.41, 5.74) is 2.60. The number of ether oxygens (including phenoxy) is 2. The van der Waals surface area contributed by atoms with Crippen LogP contribution in [0.15, 0.2) is 29.3 Å². The van der Waals surface area contributed by atoms with Crippen molar-refractivity contribution < 1.29 is 9.47 Å². The summed E-state index contributed by atoms with van der Waals surface area (Å²) in [7, 11) is 2.12. The van der Waals surface area contributed by atoms with E-state index in [2.05, 4.69) is 53.4 Å². The third-order valence-corrected chi connectivity index (χ3v) is 5.20. The Morgan fingerprint density at radius 3 is 2.56 bits per heavy atom. The largest absolute Gasteiger partial charge is 0.381 e. The quantitative estimate of drug-likeness (QED) is 0.584. The van der Waals surface area contributed by atoms with Crippen molar-refractivity contribution in [2.45, 2.75) is 26.4 Å². The van der Waals surface area contributed by atoms with E-state index in [0.717, 1.165) is 71.5 Å². The van der Waals surface area contributed by atoms with Crippen LogP contribution in [0.4, 0.5) is 0 Å². The molecule has 1 atom stereocenters. The molecule has 2 heterocycles. The second-order valence-electron chi connectivity index (χ2n) is 7.49. The van der Waals surface area contributed by atoms with E-state index < -0.39 is 0 Å². The van der Waals surface area contributed by atoms with Crippen molar-refractivity contribution in [1.29, 1.82) is 0 Å². The third kappa shape index (κ3) is 6.48. The van der Waals surface area contributed by atoms with Gasteiger partial charge in [0.1, 0.15) is 0 Å². The van der Waals surface area contributed by atoms with Gasteiger partial charge in [-0.1, -0.05) is 24.3 Å². The highest BCUT2D eigenvalue weighted by Gasteiger charge is 2.19. The van der Waals surface area contributed by atoms with Gasteiger partial charge in [0.15, 0.2) is 5.96 Å². The van der Waals surface area contributed by atoms with Gasteiger partial charge in [-0.15, -0.1) is 0 Å². The van der Waals surface area contributed by atoms with Crippen LogP contribution in [0.2, 0.25) is 0 Å². The van der Waals surface area contributed by atoms with Crippen LogP contribution in [0.3, 0.4) is 0 Å². The molecule has 0 spiro atoms. The first-order chi connectivity index (χ1) is 13.2. The van der Waals surface area contributed by atoms with Gasteiger partial charge >= 0.3 is 0 Å². The molecule has 2 aliphatic rings. The van der Waals surface area contributed by atoms with E-state index in [0.29, 0.717) is 12.5 Å². The number of hydrogen-bond acceptors (Lipinski definition) is 4. The Balaban J connectivity index is 1.53. The highest BCUT2D eigenvalue weighted by atomic mass is 16.5. The Hall–Kier alpha value is -1.63. The van der Waals surface area contributed by atoms with Gasteiger partial charge in [0.2, 0.25) is 0 Å². The van der Waals surface area contributed by atoms with Crippen LogP contribution in [0.25, 0.3) is 0 Å². The number of morpholine rings is 1. The molecule has 0 aromatic heterocycles. The number of hydrogen-bond donors (Lipinski definition) is 1. The second kappa shape index (κ2) is 10.6. The van der Waals surface area contributed by atoms with E-state index in [-0.39, 0.29) is 0 Å². The first kappa shape index (κ1) is 20.1. The van der Waals surface area contributed by atoms with Crippen LogP contribution in [0, 0.1) is 5.92 Å². The molecule has 150 valence electrons. The Morgan fingerprint density at radius 1 is 1.15 bits per heavy atom. The molecule has 0 amide bonds. The molecule has 1 aromatic rings. The summed E-state index contributed by atoms with van der Waals surface area (Å²) in [5, 5.41) is 3.41. The SMILES string of the molecule is CCNC(=NCc1ccc(CN2CCOCC2)cc1)N(C)CC1CCOC1. The van der Waals surface area contributed by atoms with Crippen molar-refractivity contribution in [3.8, 4) is 0 Å². The van der Waals surface area contributed by atoms with Crippen LogP contribution in [-0.2, 0) is 22.6 Å². The molecule has 6 nitrogen and oxygen atoms in total. The molecule has 0 radical (unpaired) electrons. The van der Waals surface area contributed by atoms with Crippen LogP contribution in [0.5, 0.6) is 0 Å². The summed E-state index contributed by atoms with van der Waals surface area (Å²) >= 11 is 0. The lowest BCUT2D eigenvalue weighted by Crippen LogP contribution is -2.41. The van der Waals surface area contributed by atoms with E-state index in [1.54, 1.807) is 0 Å². The van der Waals surface area contributed by atoms with Gasteiger partial charge in [-0.3, -0.25) is 4.90 Å². The average molecular weight is 375 g/mol. The van der Waals surface area contributed by atoms with Crippen molar-refractivity contribution in [3.63, 3.8) is 0 Å². The van der Waals surface area contributed by atoms with Crippen molar-refractivity contribution in [2.75, 3.05) is 59.7 Å². The van der Waals surface area contributed by atoms with Gasteiger partial charge in [-0.2, -0.15) is 0 Å². The van der Waals surface area contributed by atoms with Gasteiger partial charge < -0.3 is 19.7 Å². The molecule has 2 aliphatic heterocycles. The number of nitrogens with zero attached hydrogens (tertiary/aromatic N) is 3. The van der Waals surface area contributed by atoms with Gasteiger partial charge in [0, 0.05) is 52.3 Å². The van der Waals surface area contributed by atoms with Gasteiger partial charge in [-0.25, -0.2) is 4.99 Å². The summed E-state index contributed by atoms with van der Waals surface area (Å²) in [5.74, 6) is 1.58. The predicted molar refractivity (Wildman–Crippen MR) is 109 cm³/mol. The summed E-state index contributed by atoms with van der Waals surface area (Å²) in [4.78, 5) is 9.51. The van der Waals surface area contributed by atoms with Crippen molar-refractivity contribution in [1.82, 2.24) is 15.1 Å². The maximum absolute atomic E-state index is 5.50. The van der Waals surface area contributed by atoms with E-state index in [1.165, 1.54) is 11.1 Å². The highest BCUT2D eigenvalue weighted by molar-refractivity contribution is 5.79. The normalized spacial score (nSPS) is 21.4. The molecular formula is C21H34N4O2. The summed E-state index contributed by atoms with van der Waals surface area (Å²) < 4.78 is 10.9. The maximum Gasteiger partial charge on any atom is 0.193 e. The molecule has 1 aromatic carbocycles. The fourth-order valence-corrected chi connectivity index (χ4v) is 3.60. The molecule has 2 fully saturated rings. The van der Waals surface area contributed by atoms with Crippen molar-refractivity contribution in [3.05, 3.63) is 35.4 Å². The fraction of sp³-hybridized carbons (Fsp3) is 0.667. The Morgan fingerprint density at radius 2 is 1.89 bits per heavy atom. The van der Waals surface area contributed by atoms with Crippen molar-refractivity contribution in [2.24, 2.45) is 10.9 Å². The lowest BCUT2D eigenvalue weighted by atomic mass is 10.1. The standard InChI is InChI=1S/C21H34N4O2/c1-3-22-21(24(2)15-20-8-11-27-17-20)23-14-18-4-6-19(7-5-18)16-25-9-12-26-13-10-25/h4-7,20H,3,8-17H2,1-2H3,(H,22,23). The Bertz CT molecular complexity index is 578. The van der Waals surface area contributed by atoms with Gasteiger partial charge in [0.05, 0.1) is 26.4 Å².